The first kappa shape index (κ1) is 12.8. The molecule has 2 heterocycles. The Morgan fingerprint density at radius 3 is 2.67 bits per heavy atom. The summed E-state index contributed by atoms with van der Waals surface area (Å²) in [6.45, 7) is 3.45. The average Bonchev–Trinajstić information content (AvgIpc) is 2.38. The normalized spacial score (nSPS) is 16.9. The Labute approximate surface area is 106 Å². The number of aromatic carboxylic acids is 1. The molecule has 0 aliphatic carbocycles. The molecule has 0 unspecified atom stereocenters. The van der Waals surface area contributed by atoms with E-state index in [1.54, 1.807) is 19.2 Å². The van der Waals surface area contributed by atoms with E-state index in [1.807, 2.05) is 11.8 Å². The second-order valence-electron chi connectivity index (χ2n) is 4.55. The van der Waals surface area contributed by atoms with Gasteiger partial charge in [0.2, 0.25) is 0 Å². The zero-order valence-corrected chi connectivity index (χ0v) is 10.7. The summed E-state index contributed by atoms with van der Waals surface area (Å²) < 4.78 is 5.31. The number of carboxylic acids is 1. The summed E-state index contributed by atoms with van der Waals surface area (Å²) in [6, 6.07) is 3.36. The fourth-order valence-electron chi connectivity index (χ4n) is 2.25. The molecule has 0 atom stereocenters. The summed E-state index contributed by atoms with van der Waals surface area (Å²) in [5.41, 5.74) is 1.11. The molecule has 0 amide bonds. The summed E-state index contributed by atoms with van der Waals surface area (Å²) in [7, 11) is 1.72. The van der Waals surface area contributed by atoms with Crippen LogP contribution in [0.3, 0.4) is 0 Å². The number of methoxy groups -OCH3 is 1. The van der Waals surface area contributed by atoms with Crippen LogP contribution >= 0.6 is 0 Å². The summed E-state index contributed by atoms with van der Waals surface area (Å²) >= 11 is 0. The van der Waals surface area contributed by atoms with Gasteiger partial charge in [0, 0.05) is 25.9 Å². The van der Waals surface area contributed by atoms with Crippen molar-refractivity contribution < 1.29 is 14.6 Å². The second kappa shape index (κ2) is 5.35. The highest BCUT2D eigenvalue weighted by Gasteiger charge is 2.23. The monoisotopic (exact) mass is 250 g/mol. The third-order valence-corrected chi connectivity index (χ3v) is 3.32. The zero-order valence-electron chi connectivity index (χ0n) is 10.7. The molecule has 18 heavy (non-hydrogen) atoms. The van der Waals surface area contributed by atoms with Gasteiger partial charge in [0.05, 0.1) is 6.10 Å². The van der Waals surface area contributed by atoms with E-state index in [-0.39, 0.29) is 11.7 Å². The maximum atomic E-state index is 11.2. The van der Waals surface area contributed by atoms with Crippen molar-refractivity contribution in [3.05, 3.63) is 23.4 Å². The highest BCUT2D eigenvalue weighted by molar-refractivity contribution is 5.93. The number of aromatic nitrogens is 1. The van der Waals surface area contributed by atoms with Gasteiger partial charge in [-0.15, -0.1) is 0 Å². The first-order chi connectivity index (χ1) is 8.61. The number of ether oxygens (including phenoxy) is 1. The van der Waals surface area contributed by atoms with Crippen molar-refractivity contribution in [3.63, 3.8) is 0 Å². The molecule has 5 heteroatoms. The molecule has 1 aliphatic rings. The molecule has 1 aromatic heterocycles. The van der Waals surface area contributed by atoms with Crippen molar-refractivity contribution in [1.82, 2.24) is 4.98 Å². The molecule has 0 radical (unpaired) electrons. The maximum Gasteiger partial charge on any atom is 0.339 e. The summed E-state index contributed by atoms with van der Waals surface area (Å²) in [4.78, 5) is 17.6. The number of anilines is 1. The van der Waals surface area contributed by atoms with Crippen molar-refractivity contribution in [2.24, 2.45) is 0 Å². The van der Waals surface area contributed by atoms with E-state index >= 15 is 0 Å². The number of rotatable bonds is 3. The van der Waals surface area contributed by atoms with E-state index in [9.17, 15) is 9.90 Å². The van der Waals surface area contributed by atoms with Crippen LogP contribution in [0.5, 0.6) is 0 Å². The Morgan fingerprint density at radius 2 is 2.11 bits per heavy atom. The fourth-order valence-corrected chi connectivity index (χ4v) is 2.25. The van der Waals surface area contributed by atoms with Crippen LogP contribution in [0.15, 0.2) is 12.1 Å². The Bertz CT molecular complexity index is 440. The van der Waals surface area contributed by atoms with Crippen LogP contribution < -0.4 is 4.90 Å². The fraction of sp³-hybridized carbons (Fsp3) is 0.538. The number of piperidine rings is 1. The summed E-state index contributed by atoms with van der Waals surface area (Å²) in [6.07, 6.45) is 2.09. The van der Waals surface area contributed by atoms with Crippen molar-refractivity contribution in [2.75, 3.05) is 25.1 Å². The Hall–Kier alpha value is -1.62. The lowest BCUT2D eigenvalue weighted by molar-refractivity contribution is 0.0696. The first-order valence-corrected chi connectivity index (χ1v) is 6.10. The molecule has 1 fully saturated rings. The third-order valence-electron chi connectivity index (χ3n) is 3.32. The lowest BCUT2D eigenvalue weighted by atomic mass is 10.1. The Morgan fingerprint density at radius 1 is 1.44 bits per heavy atom. The summed E-state index contributed by atoms with van der Waals surface area (Å²) in [5.74, 6) is -0.344. The second-order valence-corrected chi connectivity index (χ2v) is 4.55. The summed E-state index contributed by atoms with van der Waals surface area (Å²) in [5, 5.41) is 9.19. The van der Waals surface area contributed by atoms with Crippen molar-refractivity contribution in [3.8, 4) is 0 Å². The van der Waals surface area contributed by atoms with E-state index in [1.165, 1.54) is 0 Å². The van der Waals surface area contributed by atoms with Gasteiger partial charge in [-0.2, -0.15) is 0 Å². The van der Waals surface area contributed by atoms with Gasteiger partial charge >= 0.3 is 5.97 Å². The van der Waals surface area contributed by atoms with Gasteiger partial charge in [0.25, 0.3) is 0 Å². The van der Waals surface area contributed by atoms with Gasteiger partial charge in [0.1, 0.15) is 11.4 Å². The van der Waals surface area contributed by atoms with Crippen LogP contribution in [0.2, 0.25) is 0 Å². The molecule has 1 aliphatic heterocycles. The zero-order chi connectivity index (χ0) is 13.1. The molecule has 98 valence electrons. The maximum absolute atomic E-state index is 11.2. The van der Waals surface area contributed by atoms with Gasteiger partial charge in [-0.25, -0.2) is 9.78 Å². The molecule has 0 saturated carbocycles. The van der Waals surface area contributed by atoms with Crippen LogP contribution in [0.1, 0.15) is 28.9 Å². The number of aryl methyl sites for hydroxylation is 1. The largest absolute Gasteiger partial charge is 0.478 e. The predicted octanol–water partition coefficient (Wildman–Crippen LogP) is 1.70. The number of hydrogen-bond donors (Lipinski definition) is 1. The lowest BCUT2D eigenvalue weighted by Gasteiger charge is -2.32. The Balaban J connectivity index is 2.22. The van der Waals surface area contributed by atoms with E-state index in [2.05, 4.69) is 4.98 Å². The lowest BCUT2D eigenvalue weighted by Crippen LogP contribution is -2.38. The molecule has 2 rings (SSSR count). The van der Waals surface area contributed by atoms with Crippen LogP contribution in [0.25, 0.3) is 0 Å². The van der Waals surface area contributed by atoms with Crippen LogP contribution in [-0.4, -0.2) is 42.4 Å². The van der Waals surface area contributed by atoms with E-state index in [4.69, 9.17) is 4.74 Å². The SMILES string of the molecule is COC1CCN(c2nc(C)ccc2C(=O)O)CC1. The van der Waals surface area contributed by atoms with Crippen LogP contribution in [0.4, 0.5) is 5.82 Å². The molecular formula is C13H18N2O3. The minimum absolute atomic E-state index is 0.275. The van der Waals surface area contributed by atoms with Gasteiger partial charge in [0.15, 0.2) is 0 Å². The Kier molecular flexibility index (Phi) is 3.81. The quantitative estimate of drug-likeness (QED) is 0.884. The number of hydrogen-bond acceptors (Lipinski definition) is 4. The van der Waals surface area contributed by atoms with Crippen molar-refractivity contribution >= 4 is 11.8 Å². The molecule has 1 N–H and O–H groups in total. The smallest absolute Gasteiger partial charge is 0.339 e. The van der Waals surface area contributed by atoms with Gasteiger partial charge in [-0.05, 0) is 31.9 Å². The number of nitrogens with zero attached hydrogens (tertiary/aromatic N) is 2. The standard InChI is InChI=1S/C13H18N2O3/c1-9-3-4-11(13(16)17)12(14-9)15-7-5-10(18-2)6-8-15/h3-4,10H,5-8H2,1-2H3,(H,16,17). The topological polar surface area (TPSA) is 62.7 Å². The molecule has 0 spiro atoms. The van der Waals surface area contributed by atoms with Gasteiger partial charge in [-0.1, -0.05) is 0 Å². The molecule has 0 bridgehead atoms. The highest BCUT2D eigenvalue weighted by Crippen LogP contribution is 2.23. The molecule has 0 aromatic carbocycles. The highest BCUT2D eigenvalue weighted by atomic mass is 16.5. The number of carbonyl (C=O) groups is 1. The predicted molar refractivity (Wildman–Crippen MR) is 68.2 cm³/mol. The van der Waals surface area contributed by atoms with Crippen LogP contribution in [0, 0.1) is 6.92 Å². The van der Waals surface area contributed by atoms with E-state index in [0.29, 0.717) is 5.82 Å². The van der Waals surface area contributed by atoms with Gasteiger partial charge < -0.3 is 14.7 Å². The third kappa shape index (κ3) is 2.61. The number of pyridine rings is 1. The van der Waals surface area contributed by atoms with Crippen molar-refractivity contribution in [1.29, 1.82) is 0 Å². The average molecular weight is 250 g/mol. The minimum atomic E-state index is -0.925. The van der Waals surface area contributed by atoms with Crippen molar-refractivity contribution in [2.45, 2.75) is 25.9 Å². The molecule has 1 aromatic rings. The van der Waals surface area contributed by atoms with E-state index in [0.717, 1.165) is 31.6 Å². The first-order valence-electron chi connectivity index (χ1n) is 6.10. The minimum Gasteiger partial charge on any atom is -0.478 e. The van der Waals surface area contributed by atoms with Gasteiger partial charge in [-0.3, -0.25) is 0 Å². The molecule has 1 saturated heterocycles. The molecule has 5 nitrogen and oxygen atoms in total. The van der Waals surface area contributed by atoms with E-state index < -0.39 is 5.97 Å². The van der Waals surface area contributed by atoms with Crippen LogP contribution in [-0.2, 0) is 4.74 Å². The number of carboxylic acid groups (broad SMARTS) is 1. The molecular weight excluding hydrogens is 232 g/mol.